The first-order valence-electron chi connectivity index (χ1n) is 6.27. The third kappa shape index (κ3) is 3.87. The SMILES string of the molecule is CC(C)c1cc(F)cc(F)c1C1=CC=CCN1.CP. The largest absolute Gasteiger partial charge is 0.381 e. The summed E-state index contributed by atoms with van der Waals surface area (Å²) < 4.78 is 27.2. The Balaban J connectivity index is 0.000000861. The lowest BCUT2D eigenvalue weighted by Gasteiger charge is -2.19. The van der Waals surface area contributed by atoms with E-state index in [1.165, 1.54) is 6.07 Å². The van der Waals surface area contributed by atoms with Crippen LogP contribution in [0.15, 0.2) is 30.4 Å². The molecule has 1 nitrogen and oxygen atoms in total. The molecule has 0 spiro atoms. The van der Waals surface area contributed by atoms with E-state index in [-0.39, 0.29) is 5.92 Å². The molecule has 1 N–H and O–H groups in total. The number of benzene rings is 1. The van der Waals surface area contributed by atoms with E-state index in [1.807, 2.05) is 38.7 Å². The van der Waals surface area contributed by atoms with Crippen molar-refractivity contribution in [1.82, 2.24) is 5.32 Å². The van der Waals surface area contributed by atoms with Crippen molar-refractivity contribution in [2.24, 2.45) is 0 Å². The maximum Gasteiger partial charge on any atom is 0.135 e. The maximum atomic E-state index is 13.9. The first kappa shape index (κ1) is 15.8. The number of halogens is 2. The van der Waals surface area contributed by atoms with Crippen molar-refractivity contribution in [3.05, 3.63) is 53.1 Å². The Morgan fingerprint density at radius 1 is 1.21 bits per heavy atom. The highest BCUT2D eigenvalue weighted by atomic mass is 31.0. The minimum atomic E-state index is -0.526. The van der Waals surface area contributed by atoms with Crippen LogP contribution in [0.1, 0.15) is 30.9 Å². The number of dihydropyridines is 1. The molecule has 0 aliphatic carbocycles. The summed E-state index contributed by atoms with van der Waals surface area (Å²) in [4.78, 5) is 0. The molecule has 1 aromatic carbocycles. The minimum Gasteiger partial charge on any atom is -0.381 e. The molecule has 0 amide bonds. The second-order valence-corrected chi connectivity index (χ2v) is 4.40. The second-order valence-electron chi connectivity index (χ2n) is 4.40. The van der Waals surface area contributed by atoms with Gasteiger partial charge >= 0.3 is 0 Å². The van der Waals surface area contributed by atoms with E-state index in [9.17, 15) is 8.78 Å². The monoisotopic (exact) mass is 283 g/mol. The zero-order chi connectivity index (χ0) is 14.4. The van der Waals surface area contributed by atoms with Crippen LogP contribution in [0.25, 0.3) is 5.70 Å². The Labute approximate surface area is 116 Å². The topological polar surface area (TPSA) is 12.0 Å². The third-order valence-electron chi connectivity index (χ3n) is 2.79. The van der Waals surface area contributed by atoms with Gasteiger partial charge in [-0.3, -0.25) is 0 Å². The van der Waals surface area contributed by atoms with Crippen LogP contribution in [-0.4, -0.2) is 13.2 Å². The number of rotatable bonds is 2. The van der Waals surface area contributed by atoms with Crippen molar-refractivity contribution in [2.45, 2.75) is 19.8 Å². The summed E-state index contributed by atoms with van der Waals surface area (Å²) in [5.74, 6) is -0.964. The molecule has 1 heterocycles. The fourth-order valence-electron chi connectivity index (χ4n) is 1.96. The van der Waals surface area contributed by atoms with Gasteiger partial charge in [-0.25, -0.2) is 8.78 Å². The number of nitrogens with one attached hydrogen (secondary N) is 1. The Morgan fingerprint density at radius 3 is 2.42 bits per heavy atom. The van der Waals surface area contributed by atoms with Crippen LogP contribution >= 0.6 is 9.24 Å². The lowest BCUT2D eigenvalue weighted by Crippen LogP contribution is -2.17. The van der Waals surface area contributed by atoms with Crippen LogP contribution in [-0.2, 0) is 0 Å². The fraction of sp³-hybridized carbons (Fsp3) is 0.333. The van der Waals surface area contributed by atoms with Crippen molar-refractivity contribution < 1.29 is 8.78 Å². The average molecular weight is 283 g/mol. The smallest absolute Gasteiger partial charge is 0.135 e. The zero-order valence-electron chi connectivity index (χ0n) is 11.5. The highest BCUT2D eigenvalue weighted by Crippen LogP contribution is 2.28. The lowest BCUT2D eigenvalue weighted by molar-refractivity contribution is 0.573. The first-order chi connectivity index (χ1) is 9.09. The zero-order valence-corrected chi connectivity index (χ0v) is 12.7. The molecule has 0 bridgehead atoms. The average Bonchev–Trinajstić information content (AvgIpc) is 2.41. The Bertz CT molecular complexity index is 493. The lowest BCUT2D eigenvalue weighted by atomic mass is 9.94. The van der Waals surface area contributed by atoms with Gasteiger partial charge in [0.25, 0.3) is 0 Å². The van der Waals surface area contributed by atoms with Crippen LogP contribution in [0.5, 0.6) is 0 Å². The predicted octanol–water partition coefficient (Wildman–Crippen LogP) is 4.08. The van der Waals surface area contributed by atoms with Crippen molar-refractivity contribution in [3.8, 4) is 0 Å². The standard InChI is InChI=1S/C14H15F2N.CH5P/c1-9(2)11-7-10(15)8-12(16)14(11)13-5-3-4-6-17-13;1-2/h3-5,7-9,17H,6H2,1-2H3;2H2,1H3. The molecular formula is C15H20F2NP. The first-order valence-corrected chi connectivity index (χ1v) is 7.43. The van der Waals surface area contributed by atoms with Gasteiger partial charge in [0.15, 0.2) is 0 Å². The molecule has 104 valence electrons. The molecule has 1 unspecified atom stereocenters. The van der Waals surface area contributed by atoms with Gasteiger partial charge in [0.05, 0.1) is 0 Å². The molecule has 1 aromatic rings. The van der Waals surface area contributed by atoms with Crippen molar-refractivity contribution in [3.63, 3.8) is 0 Å². The van der Waals surface area contributed by atoms with Gasteiger partial charge in [-0.05, 0) is 23.6 Å². The molecule has 0 saturated carbocycles. The van der Waals surface area contributed by atoms with E-state index >= 15 is 0 Å². The Kier molecular flexibility index (Phi) is 6.17. The van der Waals surface area contributed by atoms with E-state index in [1.54, 1.807) is 0 Å². The summed E-state index contributed by atoms with van der Waals surface area (Å²) >= 11 is 0. The Morgan fingerprint density at radius 2 is 1.89 bits per heavy atom. The van der Waals surface area contributed by atoms with E-state index in [0.29, 0.717) is 23.4 Å². The van der Waals surface area contributed by atoms with Crippen LogP contribution in [0.2, 0.25) is 0 Å². The quantitative estimate of drug-likeness (QED) is 0.806. The van der Waals surface area contributed by atoms with E-state index in [0.717, 1.165) is 6.07 Å². The minimum absolute atomic E-state index is 0.0730. The van der Waals surface area contributed by atoms with Gasteiger partial charge in [0.2, 0.25) is 0 Å². The van der Waals surface area contributed by atoms with E-state index < -0.39 is 11.6 Å². The summed E-state index contributed by atoms with van der Waals surface area (Å²) in [6, 6.07) is 2.34. The highest BCUT2D eigenvalue weighted by Gasteiger charge is 2.17. The van der Waals surface area contributed by atoms with Crippen LogP contribution in [0.4, 0.5) is 8.78 Å². The maximum absolute atomic E-state index is 13.9. The van der Waals surface area contributed by atoms with Gasteiger partial charge in [-0.15, -0.1) is 9.24 Å². The summed E-state index contributed by atoms with van der Waals surface area (Å²) in [5.41, 5.74) is 1.89. The highest BCUT2D eigenvalue weighted by molar-refractivity contribution is 7.15. The molecule has 0 fully saturated rings. The van der Waals surface area contributed by atoms with E-state index in [2.05, 4.69) is 14.6 Å². The van der Waals surface area contributed by atoms with E-state index in [4.69, 9.17) is 0 Å². The van der Waals surface area contributed by atoms with Gasteiger partial charge in [0.1, 0.15) is 11.6 Å². The molecule has 1 aliphatic rings. The molecule has 4 heteroatoms. The van der Waals surface area contributed by atoms with Gasteiger partial charge in [-0.1, -0.05) is 32.7 Å². The summed E-state index contributed by atoms with van der Waals surface area (Å²) in [6.07, 6.45) is 5.63. The number of allylic oxidation sites excluding steroid dienone is 2. The molecule has 0 aromatic heterocycles. The summed E-state index contributed by atoms with van der Waals surface area (Å²) in [5, 5.41) is 3.10. The van der Waals surface area contributed by atoms with Crippen molar-refractivity contribution >= 4 is 14.9 Å². The predicted molar refractivity (Wildman–Crippen MR) is 81.2 cm³/mol. The summed E-state index contributed by atoms with van der Waals surface area (Å²) in [6.45, 7) is 6.44. The van der Waals surface area contributed by atoms with Crippen LogP contribution in [0.3, 0.4) is 0 Å². The van der Waals surface area contributed by atoms with Crippen molar-refractivity contribution in [2.75, 3.05) is 13.2 Å². The molecule has 0 radical (unpaired) electrons. The normalized spacial score (nSPS) is 13.5. The fourth-order valence-corrected chi connectivity index (χ4v) is 1.96. The number of hydrogen-bond acceptors (Lipinski definition) is 1. The van der Waals surface area contributed by atoms with Gasteiger partial charge in [0, 0.05) is 23.9 Å². The molecule has 19 heavy (non-hydrogen) atoms. The molecule has 1 atom stereocenters. The molecular weight excluding hydrogens is 263 g/mol. The second kappa shape index (κ2) is 7.40. The van der Waals surface area contributed by atoms with Crippen LogP contribution in [0, 0.1) is 11.6 Å². The van der Waals surface area contributed by atoms with Crippen molar-refractivity contribution in [1.29, 1.82) is 0 Å². The van der Waals surface area contributed by atoms with Gasteiger partial charge in [-0.2, -0.15) is 0 Å². The molecule has 1 aliphatic heterocycles. The Hall–Kier alpha value is -1.21. The summed E-state index contributed by atoms with van der Waals surface area (Å²) in [7, 11) is 2.42. The van der Waals surface area contributed by atoms with Gasteiger partial charge < -0.3 is 5.32 Å². The third-order valence-corrected chi connectivity index (χ3v) is 2.79. The van der Waals surface area contributed by atoms with Crippen LogP contribution < -0.4 is 5.32 Å². The number of hydrogen-bond donors (Lipinski definition) is 1. The molecule has 2 rings (SSSR count). The molecule has 0 saturated heterocycles.